The van der Waals surface area contributed by atoms with Crippen LogP contribution in [0.15, 0.2) is 60.7 Å². The summed E-state index contributed by atoms with van der Waals surface area (Å²) in [5, 5.41) is 4.14. The van der Waals surface area contributed by atoms with Crippen LogP contribution in [-0.2, 0) is 13.1 Å². The summed E-state index contributed by atoms with van der Waals surface area (Å²) in [6.07, 6.45) is 0. The molecule has 0 aliphatic heterocycles. The van der Waals surface area contributed by atoms with E-state index < -0.39 is 0 Å². The van der Waals surface area contributed by atoms with Gasteiger partial charge in [0.1, 0.15) is 0 Å². The largest absolute Gasteiger partial charge is 0.360 e. The molecular weight excluding hydrogens is 276 g/mol. The number of benzene rings is 2. The third-order valence-corrected chi connectivity index (χ3v) is 3.51. The Balaban J connectivity index is 2.12. The Morgan fingerprint density at radius 3 is 1.71 bits per heavy atom. The molecule has 3 heteroatoms. The van der Waals surface area contributed by atoms with Crippen molar-refractivity contribution in [2.45, 2.75) is 33.0 Å². The lowest BCUT2D eigenvalue weighted by molar-refractivity contribution is 0.394. The summed E-state index contributed by atoms with van der Waals surface area (Å²) < 4.78 is 0. The molecule has 0 radical (unpaired) electrons. The van der Waals surface area contributed by atoms with Gasteiger partial charge in [0.2, 0.25) is 0 Å². The molecule has 2 aromatic carbocycles. The summed E-state index contributed by atoms with van der Waals surface area (Å²) in [4.78, 5) is 2.21. The van der Waals surface area contributed by atoms with Crippen molar-refractivity contribution in [2.75, 3.05) is 0 Å². The molecule has 0 aliphatic carbocycles. The first-order valence-corrected chi connectivity index (χ1v) is 7.69. The van der Waals surface area contributed by atoms with E-state index in [1.54, 1.807) is 0 Å². The molecule has 110 valence electrons. The maximum Gasteiger partial charge on any atom is 0.169 e. The minimum absolute atomic E-state index is 0.339. The fourth-order valence-electron chi connectivity index (χ4n) is 2.15. The van der Waals surface area contributed by atoms with Crippen molar-refractivity contribution in [3.63, 3.8) is 0 Å². The summed E-state index contributed by atoms with van der Waals surface area (Å²) in [5.74, 6) is 0. The number of hydrogen-bond acceptors (Lipinski definition) is 1. The second-order valence-corrected chi connectivity index (χ2v) is 5.82. The molecule has 0 aliphatic rings. The quantitative estimate of drug-likeness (QED) is 0.841. The van der Waals surface area contributed by atoms with Gasteiger partial charge in [-0.15, -0.1) is 0 Å². The van der Waals surface area contributed by atoms with Gasteiger partial charge in [0.15, 0.2) is 5.11 Å². The number of nitrogens with one attached hydrogen (secondary N) is 1. The van der Waals surface area contributed by atoms with Crippen LogP contribution in [0.4, 0.5) is 0 Å². The van der Waals surface area contributed by atoms with Gasteiger partial charge < -0.3 is 10.2 Å². The molecule has 21 heavy (non-hydrogen) atoms. The van der Waals surface area contributed by atoms with E-state index in [4.69, 9.17) is 12.2 Å². The van der Waals surface area contributed by atoms with E-state index >= 15 is 0 Å². The van der Waals surface area contributed by atoms with Crippen molar-refractivity contribution < 1.29 is 0 Å². The van der Waals surface area contributed by atoms with Gasteiger partial charge in [-0.25, -0.2) is 0 Å². The second kappa shape index (κ2) is 7.79. The third kappa shape index (κ3) is 5.20. The molecule has 0 atom stereocenters. The molecule has 0 heterocycles. The lowest BCUT2D eigenvalue weighted by Gasteiger charge is -2.27. The minimum Gasteiger partial charge on any atom is -0.360 e. The predicted molar refractivity (Wildman–Crippen MR) is 93.0 cm³/mol. The number of nitrogens with zero attached hydrogens (tertiary/aromatic N) is 1. The predicted octanol–water partition coefficient (Wildman–Crippen LogP) is 3.97. The summed E-state index contributed by atoms with van der Waals surface area (Å²) in [7, 11) is 0. The van der Waals surface area contributed by atoms with Crippen molar-refractivity contribution >= 4 is 17.3 Å². The second-order valence-electron chi connectivity index (χ2n) is 5.43. The molecule has 0 amide bonds. The molecule has 0 fully saturated rings. The standard InChI is InChI=1S/C18H22N2S/c1-15(2)19-18(21)20(13-16-9-5-3-6-10-16)14-17-11-7-4-8-12-17/h3-12,15H,13-14H2,1-2H3,(H,19,21). The first-order valence-electron chi connectivity index (χ1n) is 7.28. The number of hydrogen-bond donors (Lipinski definition) is 1. The first-order chi connectivity index (χ1) is 10.1. The molecule has 2 nitrogen and oxygen atoms in total. The zero-order valence-electron chi connectivity index (χ0n) is 12.6. The number of thiocarbonyl (C=S) groups is 1. The molecule has 1 N–H and O–H groups in total. The van der Waals surface area contributed by atoms with Gasteiger partial charge in [-0.3, -0.25) is 0 Å². The van der Waals surface area contributed by atoms with Crippen LogP contribution in [0.5, 0.6) is 0 Å². The summed E-state index contributed by atoms with van der Waals surface area (Å²) in [5.41, 5.74) is 2.53. The van der Waals surface area contributed by atoms with Crippen LogP contribution in [0.25, 0.3) is 0 Å². The molecule has 0 unspecified atom stereocenters. The Labute approximate surface area is 132 Å². The molecule has 0 bridgehead atoms. The fourth-order valence-corrected chi connectivity index (χ4v) is 2.51. The van der Waals surface area contributed by atoms with Crippen LogP contribution in [0.3, 0.4) is 0 Å². The molecule has 0 aromatic heterocycles. The van der Waals surface area contributed by atoms with Crippen molar-refractivity contribution in [1.82, 2.24) is 10.2 Å². The van der Waals surface area contributed by atoms with E-state index in [0.717, 1.165) is 18.2 Å². The molecule has 2 aromatic rings. The average molecular weight is 298 g/mol. The zero-order chi connectivity index (χ0) is 15.1. The lowest BCUT2D eigenvalue weighted by atomic mass is 10.2. The summed E-state index contributed by atoms with van der Waals surface area (Å²) >= 11 is 5.56. The zero-order valence-corrected chi connectivity index (χ0v) is 13.4. The Morgan fingerprint density at radius 1 is 0.905 bits per heavy atom. The van der Waals surface area contributed by atoms with E-state index in [-0.39, 0.29) is 0 Å². The maximum atomic E-state index is 5.56. The average Bonchev–Trinajstić information content (AvgIpc) is 2.48. The van der Waals surface area contributed by atoms with Crippen LogP contribution in [0.1, 0.15) is 25.0 Å². The van der Waals surface area contributed by atoms with Crippen LogP contribution in [0.2, 0.25) is 0 Å². The van der Waals surface area contributed by atoms with E-state index in [1.165, 1.54) is 11.1 Å². The Morgan fingerprint density at radius 2 is 1.33 bits per heavy atom. The maximum absolute atomic E-state index is 5.56. The smallest absolute Gasteiger partial charge is 0.169 e. The lowest BCUT2D eigenvalue weighted by Crippen LogP contribution is -2.41. The highest BCUT2D eigenvalue weighted by molar-refractivity contribution is 7.80. The topological polar surface area (TPSA) is 15.3 Å². The monoisotopic (exact) mass is 298 g/mol. The third-order valence-electron chi connectivity index (χ3n) is 3.13. The Bertz CT molecular complexity index is 510. The molecule has 2 rings (SSSR count). The summed E-state index contributed by atoms with van der Waals surface area (Å²) in [6.45, 7) is 5.84. The fraction of sp³-hybridized carbons (Fsp3) is 0.278. The van der Waals surface area contributed by atoms with Gasteiger partial charge in [-0.1, -0.05) is 60.7 Å². The number of rotatable bonds is 5. The van der Waals surface area contributed by atoms with Crippen LogP contribution in [0, 0.1) is 0 Å². The van der Waals surface area contributed by atoms with Crippen molar-refractivity contribution in [2.24, 2.45) is 0 Å². The van der Waals surface area contributed by atoms with E-state index in [1.807, 2.05) is 12.1 Å². The van der Waals surface area contributed by atoms with Crippen molar-refractivity contribution in [1.29, 1.82) is 0 Å². The van der Waals surface area contributed by atoms with Crippen molar-refractivity contribution in [3.8, 4) is 0 Å². The van der Waals surface area contributed by atoms with E-state index in [0.29, 0.717) is 6.04 Å². The highest BCUT2D eigenvalue weighted by Gasteiger charge is 2.11. The van der Waals surface area contributed by atoms with Gasteiger partial charge in [0.05, 0.1) is 0 Å². The minimum atomic E-state index is 0.339. The first kappa shape index (κ1) is 15.5. The normalized spacial score (nSPS) is 10.4. The van der Waals surface area contributed by atoms with E-state index in [2.05, 4.69) is 72.6 Å². The summed E-state index contributed by atoms with van der Waals surface area (Å²) in [6, 6.07) is 21.2. The van der Waals surface area contributed by atoms with Gasteiger partial charge in [-0.2, -0.15) is 0 Å². The Hall–Kier alpha value is -1.87. The van der Waals surface area contributed by atoms with Crippen LogP contribution >= 0.6 is 12.2 Å². The van der Waals surface area contributed by atoms with Gasteiger partial charge in [0, 0.05) is 19.1 Å². The van der Waals surface area contributed by atoms with Crippen LogP contribution in [-0.4, -0.2) is 16.1 Å². The SMILES string of the molecule is CC(C)NC(=S)N(Cc1ccccc1)Cc1ccccc1. The Kier molecular flexibility index (Phi) is 5.76. The molecule has 0 saturated carbocycles. The molecular formula is C18H22N2S. The van der Waals surface area contributed by atoms with Gasteiger partial charge in [0.25, 0.3) is 0 Å². The molecule has 0 spiro atoms. The molecule has 0 saturated heterocycles. The van der Waals surface area contributed by atoms with Crippen LogP contribution < -0.4 is 5.32 Å². The van der Waals surface area contributed by atoms with Crippen molar-refractivity contribution in [3.05, 3.63) is 71.8 Å². The van der Waals surface area contributed by atoms with Gasteiger partial charge >= 0.3 is 0 Å². The van der Waals surface area contributed by atoms with E-state index in [9.17, 15) is 0 Å². The highest BCUT2D eigenvalue weighted by atomic mass is 32.1. The highest BCUT2D eigenvalue weighted by Crippen LogP contribution is 2.10. The van der Waals surface area contributed by atoms with Gasteiger partial charge in [-0.05, 0) is 37.2 Å².